The number of aromatic amines is 1. The second-order valence-electron chi connectivity index (χ2n) is 6.31. The zero-order chi connectivity index (χ0) is 17.5. The summed E-state index contributed by atoms with van der Waals surface area (Å²) < 4.78 is 5.76. The molecule has 0 unspecified atom stereocenters. The Morgan fingerprint density at radius 1 is 1.36 bits per heavy atom. The zero-order valence-electron chi connectivity index (χ0n) is 14.5. The van der Waals surface area contributed by atoms with E-state index in [1.165, 1.54) is 6.33 Å². The van der Waals surface area contributed by atoms with E-state index in [0.29, 0.717) is 12.5 Å². The Balaban J connectivity index is 1.44. The van der Waals surface area contributed by atoms with Gasteiger partial charge >= 0.3 is 6.03 Å². The van der Waals surface area contributed by atoms with Crippen LogP contribution in [0.25, 0.3) is 0 Å². The van der Waals surface area contributed by atoms with Gasteiger partial charge in [-0.15, -0.1) is 0 Å². The first-order valence-electron chi connectivity index (χ1n) is 8.84. The number of carbonyl (C=O) groups excluding carboxylic acids is 1. The lowest BCUT2D eigenvalue weighted by atomic mass is 9.96. The number of urea groups is 1. The predicted octanol–water partition coefficient (Wildman–Crippen LogP) is 2.55. The molecule has 1 aromatic carbocycles. The lowest BCUT2D eigenvalue weighted by molar-refractivity contribution is 0.169. The third-order valence-electron chi connectivity index (χ3n) is 4.62. The average molecular weight is 343 g/mol. The average Bonchev–Trinajstić information content (AvgIpc) is 3.20. The van der Waals surface area contributed by atoms with Gasteiger partial charge in [-0.3, -0.25) is 5.10 Å². The highest BCUT2D eigenvalue weighted by molar-refractivity contribution is 5.74. The molecular formula is C18H25N5O2. The number of benzene rings is 1. The first-order valence-corrected chi connectivity index (χ1v) is 8.84. The molecule has 0 radical (unpaired) electrons. The minimum Gasteiger partial charge on any atom is -0.491 e. The lowest BCUT2D eigenvalue weighted by Gasteiger charge is -2.32. The summed E-state index contributed by atoms with van der Waals surface area (Å²) in [5, 5.41) is 9.91. The van der Waals surface area contributed by atoms with Gasteiger partial charge in [0.2, 0.25) is 0 Å². The van der Waals surface area contributed by atoms with Gasteiger partial charge in [-0.2, -0.15) is 5.10 Å². The Bertz CT molecular complexity index is 639. The molecule has 0 spiro atoms. The number of piperidine rings is 1. The van der Waals surface area contributed by atoms with Crippen LogP contribution in [-0.4, -0.2) is 51.9 Å². The van der Waals surface area contributed by atoms with Crippen molar-refractivity contribution in [2.75, 3.05) is 19.7 Å². The van der Waals surface area contributed by atoms with E-state index in [9.17, 15) is 4.79 Å². The van der Waals surface area contributed by atoms with Crippen molar-refractivity contribution >= 4 is 6.03 Å². The molecule has 2 aromatic rings. The van der Waals surface area contributed by atoms with Crippen molar-refractivity contribution in [2.24, 2.45) is 0 Å². The van der Waals surface area contributed by atoms with E-state index in [1.54, 1.807) is 0 Å². The summed E-state index contributed by atoms with van der Waals surface area (Å²) in [6.45, 7) is 3.98. The summed E-state index contributed by atoms with van der Waals surface area (Å²) in [5.41, 5.74) is 0. The SMILES string of the molecule is CC[C@@H](COc1ccccc1)NC(=O)N1CCC(c2ncn[nH]2)CC1. The fourth-order valence-corrected chi connectivity index (χ4v) is 3.01. The first kappa shape index (κ1) is 17.3. The van der Waals surface area contributed by atoms with Gasteiger partial charge in [-0.25, -0.2) is 9.78 Å². The maximum absolute atomic E-state index is 12.5. The Morgan fingerprint density at radius 2 is 2.12 bits per heavy atom. The van der Waals surface area contributed by atoms with Crippen LogP contribution < -0.4 is 10.1 Å². The van der Waals surface area contributed by atoms with Crippen molar-refractivity contribution in [3.63, 3.8) is 0 Å². The van der Waals surface area contributed by atoms with Crippen LogP contribution in [0.3, 0.4) is 0 Å². The molecule has 1 aliphatic rings. The Labute approximate surface area is 147 Å². The van der Waals surface area contributed by atoms with E-state index in [0.717, 1.165) is 43.9 Å². The molecule has 3 rings (SSSR count). The highest BCUT2D eigenvalue weighted by Gasteiger charge is 2.26. The highest BCUT2D eigenvalue weighted by atomic mass is 16.5. The summed E-state index contributed by atoms with van der Waals surface area (Å²) in [5.74, 6) is 2.10. The minimum absolute atomic E-state index is 0.000275. The quantitative estimate of drug-likeness (QED) is 0.844. The summed E-state index contributed by atoms with van der Waals surface area (Å²) in [7, 11) is 0. The van der Waals surface area contributed by atoms with Crippen LogP contribution in [0.2, 0.25) is 0 Å². The molecule has 25 heavy (non-hydrogen) atoms. The fourth-order valence-electron chi connectivity index (χ4n) is 3.01. The number of hydrogen-bond acceptors (Lipinski definition) is 4. The third-order valence-corrected chi connectivity index (χ3v) is 4.62. The number of nitrogens with one attached hydrogen (secondary N) is 2. The van der Waals surface area contributed by atoms with E-state index in [-0.39, 0.29) is 12.1 Å². The fraction of sp³-hybridized carbons (Fsp3) is 0.500. The number of H-pyrrole nitrogens is 1. The highest BCUT2D eigenvalue weighted by Crippen LogP contribution is 2.24. The molecule has 0 bridgehead atoms. The molecular weight excluding hydrogens is 318 g/mol. The molecule has 7 heteroatoms. The zero-order valence-corrected chi connectivity index (χ0v) is 14.5. The van der Waals surface area contributed by atoms with Gasteiger partial charge in [0.1, 0.15) is 24.5 Å². The van der Waals surface area contributed by atoms with Gasteiger partial charge in [-0.05, 0) is 31.4 Å². The first-order chi connectivity index (χ1) is 12.3. The number of ether oxygens (including phenoxy) is 1. The number of nitrogens with zero attached hydrogens (tertiary/aromatic N) is 3. The smallest absolute Gasteiger partial charge is 0.317 e. The normalized spacial score (nSPS) is 16.4. The van der Waals surface area contributed by atoms with Crippen molar-refractivity contribution in [3.05, 3.63) is 42.5 Å². The van der Waals surface area contributed by atoms with Crippen molar-refractivity contribution < 1.29 is 9.53 Å². The van der Waals surface area contributed by atoms with Gasteiger partial charge < -0.3 is 15.0 Å². The molecule has 2 heterocycles. The number of carbonyl (C=O) groups is 1. The van der Waals surface area contributed by atoms with E-state index < -0.39 is 0 Å². The number of para-hydroxylation sites is 1. The maximum atomic E-state index is 12.5. The predicted molar refractivity (Wildman–Crippen MR) is 94.5 cm³/mol. The number of rotatable bonds is 6. The topological polar surface area (TPSA) is 83.1 Å². The van der Waals surface area contributed by atoms with Crippen molar-refractivity contribution in [1.29, 1.82) is 0 Å². The van der Waals surface area contributed by atoms with Crippen LogP contribution in [0, 0.1) is 0 Å². The van der Waals surface area contributed by atoms with E-state index in [1.807, 2.05) is 35.2 Å². The number of hydrogen-bond donors (Lipinski definition) is 2. The standard InChI is InChI=1S/C18H25N5O2/c1-2-15(12-25-16-6-4-3-5-7-16)21-18(24)23-10-8-14(9-11-23)17-19-13-20-22-17/h3-7,13-15H,2,8-12H2,1H3,(H,21,24)(H,19,20,22)/t15-/m0/s1. The molecule has 0 saturated carbocycles. The molecule has 1 aromatic heterocycles. The van der Waals surface area contributed by atoms with Gasteiger partial charge in [0.05, 0.1) is 6.04 Å². The van der Waals surface area contributed by atoms with E-state index in [2.05, 4.69) is 27.4 Å². The third kappa shape index (κ3) is 4.71. The summed E-state index contributed by atoms with van der Waals surface area (Å²) in [4.78, 5) is 18.6. The van der Waals surface area contributed by atoms with Crippen molar-refractivity contribution in [3.8, 4) is 5.75 Å². The Kier molecular flexibility index (Phi) is 5.87. The Hall–Kier alpha value is -2.57. The van der Waals surface area contributed by atoms with E-state index >= 15 is 0 Å². The van der Waals surface area contributed by atoms with Crippen molar-refractivity contribution in [1.82, 2.24) is 25.4 Å². The van der Waals surface area contributed by atoms with Crippen LogP contribution in [0.5, 0.6) is 5.75 Å². The number of aromatic nitrogens is 3. The number of likely N-dealkylation sites (tertiary alicyclic amines) is 1. The van der Waals surface area contributed by atoms with Crippen LogP contribution in [0.1, 0.15) is 37.9 Å². The maximum Gasteiger partial charge on any atom is 0.317 e. The molecule has 1 atom stereocenters. The van der Waals surface area contributed by atoms with Crippen LogP contribution in [0.15, 0.2) is 36.7 Å². The molecule has 7 nitrogen and oxygen atoms in total. The molecule has 1 aliphatic heterocycles. The molecule has 2 amide bonds. The summed E-state index contributed by atoms with van der Waals surface area (Å²) in [6.07, 6.45) is 4.17. The molecule has 1 fully saturated rings. The molecule has 1 saturated heterocycles. The van der Waals surface area contributed by atoms with Crippen LogP contribution in [-0.2, 0) is 0 Å². The second-order valence-corrected chi connectivity index (χ2v) is 6.31. The van der Waals surface area contributed by atoms with Crippen molar-refractivity contribution in [2.45, 2.75) is 38.1 Å². The van der Waals surface area contributed by atoms with E-state index in [4.69, 9.17) is 4.74 Å². The second kappa shape index (κ2) is 8.50. The number of amides is 2. The van der Waals surface area contributed by atoms with Crippen LogP contribution in [0.4, 0.5) is 4.79 Å². The summed E-state index contributed by atoms with van der Waals surface area (Å²) >= 11 is 0. The molecule has 0 aliphatic carbocycles. The van der Waals surface area contributed by atoms with Gasteiger partial charge in [0.25, 0.3) is 0 Å². The van der Waals surface area contributed by atoms with Gasteiger partial charge in [-0.1, -0.05) is 25.1 Å². The summed E-state index contributed by atoms with van der Waals surface area (Å²) in [6, 6.07) is 9.65. The van der Waals surface area contributed by atoms with Gasteiger partial charge in [0.15, 0.2) is 0 Å². The largest absolute Gasteiger partial charge is 0.491 e. The monoisotopic (exact) mass is 343 g/mol. The Morgan fingerprint density at radius 3 is 2.76 bits per heavy atom. The van der Waals surface area contributed by atoms with Crippen LogP contribution >= 0.6 is 0 Å². The molecule has 134 valence electrons. The van der Waals surface area contributed by atoms with Gasteiger partial charge in [0, 0.05) is 19.0 Å². The minimum atomic E-state index is -0.0143. The molecule has 2 N–H and O–H groups in total. The lowest BCUT2D eigenvalue weighted by Crippen LogP contribution is -2.49.